The van der Waals surface area contributed by atoms with Crippen LogP contribution in [0.3, 0.4) is 0 Å². The lowest BCUT2D eigenvalue weighted by Crippen LogP contribution is -2.14. The van der Waals surface area contributed by atoms with Crippen molar-refractivity contribution in [3.8, 4) is 11.5 Å². The van der Waals surface area contributed by atoms with Crippen molar-refractivity contribution < 1.29 is 17.2 Å². The van der Waals surface area contributed by atoms with Gasteiger partial charge in [-0.2, -0.15) is 5.10 Å². The molecule has 6 nitrogen and oxygen atoms in total. The van der Waals surface area contributed by atoms with Crippen molar-refractivity contribution in [3.05, 3.63) is 53.2 Å². The predicted molar refractivity (Wildman–Crippen MR) is 87.7 cm³/mol. The molecule has 0 saturated heterocycles. The number of nitrogens with one attached hydrogen (secondary N) is 2. The molecule has 0 atom stereocenters. The Balaban J connectivity index is 1.98. The van der Waals surface area contributed by atoms with Gasteiger partial charge < -0.3 is 4.42 Å². The van der Waals surface area contributed by atoms with Gasteiger partial charge in [0.15, 0.2) is 5.76 Å². The molecule has 0 saturated carbocycles. The molecule has 8 heteroatoms. The topological polar surface area (TPSA) is 88.0 Å². The molecule has 0 bridgehead atoms. The number of anilines is 1. The lowest BCUT2D eigenvalue weighted by molar-refractivity contribution is 0.533. The van der Waals surface area contributed by atoms with Crippen molar-refractivity contribution in [3.63, 3.8) is 0 Å². The van der Waals surface area contributed by atoms with E-state index in [1.165, 1.54) is 25.1 Å². The molecule has 3 rings (SSSR count). The van der Waals surface area contributed by atoms with Gasteiger partial charge in [0.1, 0.15) is 22.2 Å². The van der Waals surface area contributed by atoms with Gasteiger partial charge in [0.05, 0.1) is 5.69 Å². The van der Waals surface area contributed by atoms with E-state index in [2.05, 4.69) is 14.9 Å². The second-order valence-electron chi connectivity index (χ2n) is 5.56. The summed E-state index contributed by atoms with van der Waals surface area (Å²) < 4.78 is 46.7. The third-order valence-corrected chi connectivity index (χ3v) is 4.96. The van der Waals surface area contributed by atoms with Crippen LogP contribution in [0.5, 0.6) is 0 Å². The van der Waals surface area contributed by atoms with Gasteiger partial charge >= 0.3 is 0 Å². The van der Waals surface area contributed by atoms with Crippen LogP contribution < -0.4 is 4.72 Å². The molecule has 1 aromatic carbocycles. The Morgan fingerprint density at radius 2 is 1.92 bits per heavy atom. The van der Waals surface area contributed by atoms with E-state index >= 15 is 0 Å². The summed E-state index contributed by atoms with van der Waals surface area (Å²) in [6.45, 7) is 5.11. The van der Waals surface area contributed by atoms with Crippen LogP contribution >= 0.6 is 0 Å². The van der Waals surface area contributed by atoms with Gasteiger partial charge in [0, 0.05) is 11.8 Å². The molecule has 0 fully saturated rings. The van der Waals surface area contributed by atoms with Gasteiger partial charge in [-0.05, 0) is 44.5 Å². The largest absolute Gasteiger partial charge is 0.458 e. The maximum Gasteiger partial charge on any atom is 0.265 e. The lowest BCUT2D eigenvalue weighted by Gasteiger charge is -2.08. The third-order valence-electron chi connectivity index (χ3n) is 3.49. The molecule has 2 heterocycles. The Morgan fingerprint density at radius 1 is 1.17 bits per heavy atom. The number of rotatable bonds is 4. The molecular formula is C16H16FN3O3S. The fourth-order valence-electron chi connectivity index (χ4n) is 2.32. The number of benzene rings is 1. The van der Waals surface area contributed by atoms with E-state index in [0.717, 1.165) is 11.3 Å². The molecule has 0 spiro atoms. The highest BCUT2D eigenvalue weighted by Gasteiger charge is 2.24. The Kier molecular flexibility index (Phi) is 3.92. The zero-order valence-corrected chi connectivity index (χ0v) is 14.2. The Hall–Kier alpha value is -2.61. The summed E-state index contributed by atoms with van der Waals surface area (Å²) in [5, 5.41) is 6.80. The number of aromatic nitrogens is 2. The maximum absolute atomic E-state index is 13.8. The van der Waals surface area contributed by atoms with Crippen LogP contribution in [0.15, 0.2) is 39.6 Å². The number of sulfonamides is 1. The van der Waals surface area contributed by atoms with Crippen LogP contribution in [0.25, 0.3) is 11.5 Å². The summed E-state index contributed by atoms with van der Waals surface area (Å²) in [4.78, 5) is -0.0564. The van der Waals surface area contributed by atoms with Crippen molar-refractivity contribution >= 4 is 15.7 Å². The van der Waals surface area contributed by atoms with Crippen molar-refractivity contribution in [1.82, 2.24) is 10.2 Å². The Morgan fingerprint density at radius 3 is 2.58 bits per heavy atom. The Labute approximate surface area is 138 Å². The van der Waals surface area contributed by atoms with E-state index in [4.69, 9.17) is 4.42 Å². The van der Waals surface area contributed by atoms with E-state index in [-0.39, 0.29) is 16.3 Å². The first-order chi connectivity index (χ1) is 11.3. The van der Waals surface area contributed by atoms with Gasteiger partial charge in [-0.15, -0.1) is 0 Å². The first kappa shape index (κ1) is 16.3. The van der Waals surface area contributed by atoms with Crippen molar-refractivity contribution in [2.45, 2.75) is 25.7 Å². The highest BCUT2D eigenvalue weighted by atomic mass is 32.2. The van der Waals surface area contributed by atoms with Crippen molar-refractivity contribution in [1.29, 1.82) is 0 Å². The van der Waals surface area contributed by atoms with Crippen LogP contribution in [0.1, 0.15) is 17.0 Å². The zero-order valence-electron chi connectivity index (χ0n) is 13.3. The summed E-state index contributed by atoms with van der Waals surface area (Å²) in [6, 6.07) is 7.32. The Bertz CT molecular complexity index is 1010. The summed E-state index contributed by atoms with van der Waals surface area (Å²) in [5.41, 5.74) is 1.96. The fraction of sp³-hybridized carbons (Fsp3) is 0.188. The number of furan rings is 1. The quantitative estimate of drug-likeness (QED) is 0.754. The molecule has 24 heavy (non-hydrogen) atoms. The number of H-pyrrole nitrogens is 1. The summed E-state index contributed by atoms with van der Waals surface area (Å²) in [7, 11) is -3.99. The van der Waals surface area contributed by atoms with E-state index < -0.39 is 15.8 Å². The SMILES string of the molecule is Cc1ccc(F)c(NS(=O)(=O)c2cc(-c3cc(C)[nH]n3)oc2C)c1. The first-order valence-corrected chi connectivity index (χ1v) is 8.66. The van der Waals surface area contributed by atoms with E-state index in [1.807, 2.05) is 6.92 Å². The molecule has 0 unspecified atom stereocenters. The molecule has 0 aliphatic heterocycles. The highest BCUT2D eigenvalue weighted by Crippen LogP contribution is 2.29. The maximum atomic E-state index is 13.8. The standard InChI is InChI=1S/C16H16FN3O3S/c1-9-4-5-12(17)13(6-9)20-24(21,22)16-8-15(23-11(16)3)14-7-10(2)18-19-14/h4-8,20H,1-3H3,(H,18,19). The number of nitrogens with zero attached hydrogens (tertiary/aromatic N) is 1. The summed E-state index contributed by atoms with van der Waals surface area (Å²) in [5.74, 6) is -0.123. The number of aryl methyl sites for hydroxylation is 3. The van der Waals surface area contributed by atoms with Crippen LogP contribution in [0.2, 0.25) is 0 Å². The van der Waals surface area contributed by atoms with Crippen LogP contribution in [0, 0.1) is 26.6 Å². The number of hydrogen-bond acceptors (Lipinski definition) is 4. The second kappa shape index (κ2) is 5.79. The normalized spacial score (nSPS) is 11.7. The molecular weight excluding hydrogens is 333 g/mol. The molecule has 2 aromatic heterocycles. The highest BCUT2D eigenvalue weighted by molar-refractivity contribution is 7.92. The van der Waals surface area contributed by atoms with E-state index in [1.54, 1.807) is 19.1 Å². The fourth-order valence-corrected chi connectivity index (χ4v) is 3.56. The van der Waals surface area contributed by atoms with Crippen LogP contribution in [-0.2, 0) is 10.0 Å². The van der Waals surface area contributed by atoms with Crippen molar-refractivity contribution in [2.75, 3.05) is 4.72 Å². The van der Waals surface area contributed by atoms with Gasteiger partial charge in [0.2, 0.25) is 0 Å². The second-order valence-corrected chi connectivity index (χ2v) is 7.21. The van der Waals surface area contributed by atoms with E-state index in [9.17, 15) is 12.8 Å². The number of halogens is 1. The summed E-state index contributed by atoms with van der Waals surface area (Å²) >= 11 is 0. The van der Waals surface area contributed by atoms with Gasteiger partial charge in [0.25, 0.3) is 10.0 Å². The molecule has 3 aromatic rings. The third kappa shape index (κ3) is 3.05. The van der Waals surface area contributed by atoms with Crippen molar-refractivity contribution in [2.24, 2.45) is 0 Å². The molecule has 2 N–H and O–H groups in total. The zero-order chi connectivity index (χ0) is 17.5. The minimum atomic E-state index is -3.99. The van der Waals surface area contributed by atoms with Gasteiger partial charge in [-0.25, -0.2) is 12.8 Å². The number of hydrogen-bond donors (Lipinski definition) is 2. The average Bonchev–Trinajstić information content (AvgIpc) is 3.09. The molecule has 0 radical (unpaired) electrons. The minimum absolute atomic E-state index is 0.0564. The molecule has 0 aliphatic rings. The smallest absolute Gasteiger partial charge is 0.265 e. The number of aromatic amines is 1. The lowest BCUT2D eigenvalue weighted by atomic mass is 10.2. The van der Waals surface area contributed by atoms with E-state index in [0.29, 0.717) is 11.5 Å². The molecule has 0 aliphatic carbocycles. The van der Waals surface area contributed by atoms with Crippen LogP contribution in [0.4, 0.5) is 10.1 Å². The first-order valence-electron chi connectivity index (χ1n) is 7.18. The van der Waals surface area contributed by atoms with Gasteiger partial charge in [-0.1, -0.05) is 6.07 Å². The molecule has 126 valence electrons. The van der Waals surface area contributed by atoms with Crippen LogP contribution in [-0.4, -0.2) is 18.6 Å². The monoisotopic (exact) mass is 349 g/mol. The summed E-state index contributed by atoms with van der Waals surface area (Å²) in [6.07, 6.45) is 0. The minimum Gasteiger partial charge on any atom is -0.458 e. The molecule has 0 amide bonds. The predicted octanol–water partition coefficient (Wildman–Crippen LogP) is 3.53. The average molecular weight is 349 g/mol. The van der Waals surface area contributed by atoms with Gasteiger partial charge in [-0.3, -0.25) is 9.82 Å².